The fourth-order valence-electron chi connectivity index (χ4n) is 2.09. The second kappa shape index (κ2) is 5.72. The van der Waals surface area contributed by atoms with Gasteiger partial charge in [0.15, 0.2) is 5.69 Å². The van der Waals surface area contributed by atoms with Crippen LogP contribution in [0.3, 0.4) is 0 Å². The lowest BCUT2D eigenvalue weighted by Gasteiger charge is -2.09. The molecule has 0 fully saturated rings. The highest BCUT2D eigenvalue weighted by molar-refractivity contribution is 6.05. The number of aryl methyl sites for hydroxylation is 1. The Kier molecular flexibility index (Phi) is 3.59. The molecule has 0 spiro atoms. The van der Waals surface area contributed by atoms with Crippen molar-refractivity contribution in [2.24, 2.45) is 7.05 Å². The predicted molar refractivity (Wildman–Crippen MR) is 80.5 cm³/mol. The van der Waals surface area contributed by atoms with Gasteiger partial charge < -0.3 is 0 Å². The number of hydrazine groups is 1. The fourth-order valence-corrected chi connectivity index (χ4v) is 2.09. The largest absolute Gasteiger partial charge is 0.290 e. The maximum absolute atomic E-state index is 12.3. The maximum Gasteiger partial charge on any atom is 0.290 e. The van der Waals surface area contributed by atoms with E-state index in [9.17, 15) is 14.4 Å². The minimum atomic E-state index is -0.635. The van der Waals surface area contributed by atoms with E-state index in [1.54, 1.807) is 24.3 Å². The predicted octanol–water partition coefficient (Wildman–Crippen LogP) is -0.269. The van der Waals surface area contributed by atoms with Crippen LogP contribution in [0.5, 0.6) is 0 Å². The van der Waals surface area contributed by atoms with Crippen molar-refractivity contribution >= 4 is 22.6 Å². The van der Waals surface area contributed by atoms with Crippen LogP contribution in [-0.4, -0.2) is 31.8 Å². The summed E-state index contributed by atoms with van der Waals surface area (Å²) < 4.78 is 1.08. The van der Waals surface area contributed by atoms with Gasteiger partial charge in [-0.2, -0.15) is 10.2 Å². The Morgan fingerprint density at radius 2 is 1.78 bits per heavy atom. The van der Waals surface area contributed by atoms with E-state index >= 15 is 0 Å². The number of carbonyl (C=O) groups excluding carboxylic acids is 2. The van der Waals surface area contributed by atoms with Crippen molar-refractivity contribution in [3.8, 4) is 0 Å². The number of aromatic nitrogens is 4. The van der Waals surface area contributed by atoms with Crippen LogP contribution >= 0.6 is 0 Å². The molecule has 2 aromatic heterocycles. The normalized spacial score (nSPS) is 10.5. The Balaban J connectivity index is 1.88. The van der Waals surface area contributed by atoms with E-state index in [4.69, 9.17) is 0 Å². The summed E-state index contributed by atoms with van der Waals surface area (Å²) in [5.74, 6) is -1.19. The van der Waals surface area contributed by atoms with Gasteiger partial charge in [-0.05, 0) is 12.1 Å². The number of aromatic amines is 1. The third-order valence-corrected chi connectivity index (χ3v) is 3.21. The van der Waals surface area contributed by atoms with Crippen molar-refractivity contribution in [3.05, 3.63) is 58.3 Å². The highest BCUT2D eigenvalue weighted by Gasteiger charge is 2.16. The summed E-state index contributed by atoms with van der Waals surface area (Å²) in [7, 11) is 1.45. The summed E-state index contributed by atoms with van der Waals surface area (Å²) in [6.45, 7) is 0. The number of H-pyrrole nitrogens is 1. The monoisotopic (exact) mass is 312 g/mol. The quantitative estimate of drug-likeness (QED) is 0.562. The average Bonchev–Trinajstić information content (AvgIpc) is 3.10. The molecular weight excluding hydrogens is 300 g/mol. The summed E-state index contributed by atoms with van der Waals surface area (Å²) in [6, 6.07) is 8.09. The molecule has 9 heteroatoms. The van der Waals surface area contributed by atoms with Crippen molar-refractivity contribution in [3.63, 3.8) is 0 Å². The number of nitrogens with one attached hydrogen (secondary N) is 3. The van der Waals surface area contributed by atoms with E-state index in [2.05, 4.69) is 26.1 Å². The molecule has 0 saturated heterocycles. The van der Waals surface area contributed by atoms with Crippen LogP contribution < -0.4 is 16.4 Å². The van der Waals surface area contributed by atoms with Crippen LogP contribution in [0.15, 0.2) is 41.3 Å². The molecule has 1 aromatic carbocycles. The molecule has 0 saturated carbocycles. The molecule has 3 N–H and O–H groups in total. The molecule has 0 unspecified atom stereocenters. The Morgan fingerprint density at radius 3 is 2.48 bits per heavy atom. The molecule has 9 nitrogen and oxygen atoms in total. The number of fused-ring (bicyclic) bond motifs is 1. The lowest BCUT2D eigenvalue weighted by molar-refractivity contribution is 0.0841. The number of benzene rings is 1. The molecular formula is C14H12N6O3. The molecule has 0 aliphatic heterocycles. The van der Waals surface area contributed by atoms with Crippen LogP contribution in [0.25, 0.3) is 10.8 Å². The van der Waals surface area contributed by atoms with Crippen LogP contribution in [0.2, 0.25) is 0 Å². The van der Waals surface area contributed by atoms with Crippen molar-refractivity contribution in [2.75, 3.05) is 0 Å². The van der Waals surface area contributed by atoms with Crippen molar-refractivity contribution < 1.29 is 9.59 Å². The zero-order valence-corrected chi connectivity index (χ0v) is 12.0. The summed E-state index contributed by atoms with van der Waals surface area (Å²) >= 11 is 0. The lowest BCUT2D eigenvalue weighted by Crippen LogP contribution is -2.42. The molecule has 0 bridgehead atoms. The number of rotatable bonds is 2. The van der Waals surface area contributed by atoms with E-state index in [0.717, 1.165) is 4.68 Å². The van der Waals surface area contributed by atoms with Gasteiger partial charge in [0, 0.05) is 18.6 Å². The van der Waals surface area contributed by atoms with E-state index in [0.29, 0.717) is 10.8 Å². The third-order valence-electron chi connectivity index (χ3n) is 3.21. The van der Waals surface area contributed by atoms with Gasteiger partial charge in [-0.15, -0.1) is 0 Å². The molecule has 0 aliphatic rings. The lowest BCUT2D eigenvalue weighted by atomic mass is 10.1. The molecule has 0 aliphatic carbocycles. The van der Waals surface area contributed by atoms with Gasteiger partial charge >= 0.3 is 0 Å². The van der Waals surface area contributed by atoms with Crippen LogP contribution in [0.4, 0.5) is 0 Å². The van der Waals surface area contributed by atoms with Crippen LogP contribution in [0, 0.1) is 0 Å². The Labute approximate surface area is 129 Å². The first-order valence-corrected chi connectivity index (χ1v) is 6.64. The average molecular weight is 312 g/mol. The van der Waals surface area contributed by atoms with E-state index in [-0.39, 0.29) is 16.9 Å². The minimum absolute atomic E-state index is 0.0348. The summed E-state index contributed by atoms with van der Waals surface area (Å²) in [5, 5.41) is 10.9. The zero-order valence-electron chi connectivity index (χ0n) is 12.0. The highest BCUT2D eigenvalue weighted by atomic mass is 16.2. The second-order valence-corrected chi connectivity index (χ2v) is 4.70. The zero-order chi connectivity index (χ0) is 16.4. The Bertz CT molecular complexity index is 945. The molecule has 23 heavy (non-hydrogen) atoms. The van der Waals surface area contributed by atoms with Gasteiger partial charge in [0.05, 0.1) is 5.39 Å². The van der Waals surface area contributed by atoms with Crippen molar-refractivity contribution in [1.29, 1.82) is 0 Å². The number of hydrogen-bond acceptors (Lipinski definition) is 5. The first-order valence-electron chi connectivity index (χ1n) is 6.64. The molecule has 2 heterocycles. The standard InChI is InChI=1S/C14H12N6O3/c1-20-14(23)9-5-3-2-4-8(9)11(19-20)13(22)18-17-12(21)10-6-7-15-16-10/h2-7H,1H3,(H,15,16)(H,17,21)(H,18,22). The number of amides is 2. The van der Waals surface area contributed by atoms with Gasteiger partial charge in [0.1, 0.15) is 5.69 Å². The van der Waals surface area contributed by atoms with Crippen LogP contribution in [0.1, 0.15) is 21.0 Å². The fraction of sp³-hybridized carbons (Fsp3) is 0.0714. The Morgan fingerprint density at radius 1 is 1.09 bits per heavy atom. The van der Waals surface area contributed by atoms with Gasteiger partial charge in [0.25, 0.3) is 17.4 Å². The number of hydrogen-bond donors (Lipinski definition) is 3. The van der Waals surface area contributed by atoms with E-state index < -0.39 is 11.8 Å². The summed E-state index contributed by atoms with van der Waals surface area (Å²) in [5.41, 5.74) is 4.43. The maximum atomic E-state index is 12.3. The summed E-state index contributed by atoms with van der Waals surface area (Å²) in [6.07, 6.45) is 1.42. The van der Waals surface area contributed by atoms with Crippen molar-refractivity contribution in [2.45, 2.75) is 0 Å². The van der Waals surface area contributed by atoms with Gasteiger partial charge in [0.2, 0.25) is 0 Å². The topological polar surface area (TPSA) is 122 Å². The Hall–Kier alpha value is -3.49. The molecule has 3 rings (SSSR count). The van der Waals surface area contributed by atoms with Crippen molar-refractivity contribution in [1.82, 2.24) is 30.8 Å². The van der Waals surface area contributed by atoms with E-state index in [1.165, 1.54) is 19.3 Å². The minimum Gasteiger partial charge on any atom is -0.273 e. The molecule has 0 atom stereocenters. The third kappa shape index (κ3) is 2.67. The van der Waals surface area contributed by atoms with Crippen LogP contribution in [-0.2, 0) is 7.05 Å². The first-order chi connectivity index (χ1) is 11.1. The second-order valence-electron chi connectivity index (χ2n) is 4.70. The summed E-state index contributed by atoms with van der Waals surface area (Å²) in [4.78, 5) is 36.0. The van der Waals surface area contributed by atoms with Gasteiger partial charge in [-0.3, -0.25) is 30.3 Å². The highest BCUT2D eigenvalue weighted by Crippen LogP contribution is 2.12. The van der Waals surface area contributed by atoms with Gasteiger partial charge in [-0.1, -0.05) is 18.2 Å². The number of carbonyl (C=O) groups is 2. The van der Waals surface area contributed by atoms with E-state index in [1.807, 2.05) is 0 Å². The molecule has 3 aromatic rings. The molecule has 116 valence electrons. The number of nitrogens with zero attached hydrogens (tertiary/aromatic N) is 3. The molecule has 2 amide bonds. The first kappa shape index (κ1) is 14.4. The SMILES string of the molecule is Cn1nc(C(=O)NNC(=O)c2ccn[nH]2)c2ccccc2c1=O. The smallest absolute Gasteiger partial charge is 0.273 e. The molecule has 0 radical (unpaired) electrons. The van der Waals surface area contributed by atoms with Gasteiger partial charge in [-0.25, -0.2) is 4.68 Å².